The minimum Gasteiger partial charge on any atom is -0.356 e. The van der Waals surface area contributed by atoms with Gasteiger partial charge in [-0.1, -0.05) is 6.07 Å². The molecule has 22 heavy (non-hydrogen) atoms. The van der Waals surface area contributed by atoms with Gasteiger partial charge in [-0.2, -0.15) is 5.10 Å². The Morgan fingerprint density at radius 2 is 2.36 bits per heavy atom. The SMILES string of the molecule is Cn1cc(CNC(=O)[C@H]2CCCN(c3ccccn3)C2)cn1. The molecule has 1 aliphatic rings. The molecule has 1 fully saturated rings. The average Bonchev–Trinajstić information content (AvgIpc) is 2.99. The van der Waals surface area contributed by atoms with Crippen LogP contribution in [0.25, 0.3) is 0 Å². The van der Waals surface area contributed by atoms with Crippen LogP contribution in [-0.2, 0) is 18.4 Å². The van der Waals surface area contributed by atoms with Gasteiger partial charge in [-0.05, 0) is 25.0 Å². The third-order valence-electron chi connectivity index (χ3n) is 3.99. The average molecular weight is 299 g/mol. The highest BCUT2D eigenvalue weighted by Crippen LogP contribution is 2.21. The molecule has 1 atom stereocenters. The lowest BCUT2D eigenvalue weighted by Gasteiger charge is -2.32. The predicted octanol–water partition coefficient (Wildman–Crippen LogP) is 1.35. The maximum atomic E-state index is 12.4. The Kier molecular flexibility index (Phi) is 4.37. The fraction of sp³-hybridized carbons (Fsp3) is 0.438. The molecular weight excluding hydrogens is 278 g/mol. The van der Waals surface area contributed by atoms with Crippen molar-refractivity contribution in [1.29, 1.82) is 0 Å². The summed E-state index contributed by atoms with van der Waals surface area (Å²) in [6, 6.07) is 5.88. The van der Waals surface area contributed by atoms with Gasteiger partial charge in [-0.3, -0.25) is 9.48 Å². The Morgan fingerprint density at radius 1 is 1.45 bits per heavy atom. The number of piperidine rings is 1. The van der Waals surface area contributed by atoms with E-state index in [4.69, 9.17) is 0 Å². The third kappa shape index (κ3) is 3.44. The Balaban J connectivity index is 1.56. The van der Waals surface area contributed by atoms with Gasteiger partial charge >= 0.3 is 0 Å². The van der Waals surface area contributed by atoms with Crippen LogP contribution in [0.3, 0.4) is 0 Å². The molecule has 1 amide bonds. The molecule has 1 aliphatic heterocycles. The molecule has 6 heteroatoms. The van der Waals surface area contributed by atoms with E-state index in [9.17, 15) is 4.79 Å². The molecule has 2 aromatic heterocycles. The summed E-state index contributed by atoms with van der Waals surface area (Å²) >= 11 is 0. The van der Waals surface area contributed by atoms with Crippen LogP contribution in [0.15, 0.2) is 36.8 Å². The highest BCUT2D eigenvalue weighted by Gasteiger charge is 2.26. The van der Waals surface area contributed by atoms with Crippen molar-refractivity contribution in [2.45, 2.75) is 19.4 Å². The van der Waals surface area contributed by atoms with E-state index in [1.807, 2.05) is 31.4 Å². The number of aromatic nitrogens is 3. The van der Waals surface area contributed by atoms with E-state index in [0.29, 0.717) is 6.54 Å². The lowest BCUT2D eigenvalue weighted by Crippen LogP contribution is -2.43. The van der Waals surface area contributed by atoms with Crippen molar-refractivity contribution in [1.82, 2.24) is 20.1 Å². The number of hydrogen-bond acceptors (Lipinski definition) is 4. The molecule has 1 N–H and O–H groups in total. The van der Waals surface area contributed by atoms with E-state index in [1.54, 1.807) is 17.1 Å². The van der Waals surface area contributed by atoms with E-state index in [1.165, 1.54) is 0 Å². The molecule has 3 heterocycles. The van der Waals surface area contributed by atoms with Crippen LogP contribution in [0.5, 0.6) is 0 Å². The number of amides is 1. The van der Waals surface area contributed by atoms with Crippen molar-refractivity contribution in [3.63, 3.8) is 0 Å². The fourth-order valence-corrected chi connectivity index (χ4v) is 2.84. The first-order valence-corrected chi connectivity index (χ1v) is 7.63. The number of carbonyl (C=O) groups excluding carboxylic acids is 1. The predicted molar refractivity (Wildman–Crippen MR) is 84.2 cm³/mol. The Morgan fingerprint density at radius 3 is 3.09 bits per heavy atom. The molecule has 1 saturated heterocycles. The normalized spacial score (nSPS) is 18.2. The summed E-state index contributed by atoms with van der Waals surface area (Å²) in [6.07, 6.45) is 7.44. The lowest BCUT2D eigenvalue weighted by atomic mass is 9.97. The molecule has 0 aliphatic carbocycles. The summed E-state index contributed by atoms with van der Waals surface area (Å²) in [5.74, 6) is 1.09. The number of carbonyl (C=O) groups is 1. The third-order valence-corrected chi connectivity index (χ3v) is 3.99. The van der Waals surface area contributed by atoms with Crippen LogP contribution >= 0.6 is 0 Å². The maximum Gasteiger partial charge on any atom is 0.225 e. The van der Waals surface area contributed by atoms with E-state index in [2.05, 4.69) is 20.3 Å². The first-order valence-electron chi connectivity index (χ1n) is 7.63. The lowest BCUT2D eigenvalue weighted by molar-refractivity contribution is -0.125. The molecule has 0 aromatic carbocycles. The monoisotopic (exact) mass is 299 g/mol. The minimum atomic E-state index is 0.0208. The quantitative estimate of drug-likeness (QED) is 0.925. The first-order chi connectivity index (χ1) is 10.7. The molecule has 6 nitrogen and oxygen atoms in total. The van der Waals surface area contributed by atoms with Crippen molar-refractivity contribution in [2.75, 3.05) is 18.0 Å². The zero-order valence-corrected chi connectivity index (χ0v) is 12.8. The molecule has 0 radical (unpaired) electrons. The van der Waals surface area contributed by atoms with Crippen molar-refractivity contribution >= 4 is 11.7 Å². The van der Waals surface area contributed by atoms with Crippen molar-refractivity contribution in [2.24, 2.45) is 13.0 Å². The molecule has 2 aromatic rings. The van der Waals surface area contributed by atoms with E-state index in [-0.39, 0.29) is 11.8 Å². The standard InChI is InChI=1S/C16H21N5O/c1-20-11-13(10-19-20)9-18-16(22)14-5-4-8-21(12-14)15-6-2-3-7-17-15/h2-3,6-7,10-11,14H,4-5,8-9,12H2,1H3,(H,18,22)/t14-/m0/s1. The van der Waals surface area contributed by atoms with E-state index < -0.39 is 0 Å². The Labute approximate surface area is 130 Å². The number of hydrogen-bond donors (Lipinski definition) is 1. The van der Waals surface area contributed by atoms with Gasteiger partial charge in [0.05, 0.1) is 12.1 Å². The van der Waals surface area contributed by atoms with Crippen LogP contribution in [0, 0.1) is 5.92 Å². The van der Waals surface area contributed by atoms with E-state index in [0.717, 1.165) is 37.3 Å². The number of anilines is 1. The second kappa shape index (κ2) is 6.60. The molecule has 3 rings (SSSR count). The van der Waals surface area contributed by atoms with Crippen LogP contribution in [-0.4, -0.2) is 33.8 Å². The molecule has 0 spiro atoms. The van der Waals surface area contributed by atoms with Crippen molar-refractivity contribution < 1.29 is 4.79 Å². The highest BCUT2D eigenvalue weighted by atomic mass is 16.1. The molecule has 116 valence electrons. The topological polar surface area (TPSA) is 63.1 Å². The highest BCUT2D eigenvalue weighted by molar-refractivity contribution is 5.79. The van der Waals surface area contributed by atoms with Gasteiger partial charge in [0.1, 0.15) is 5.82 Å². The number of pyridine rings is 1. The largest absolute Gasteiger partial charge is 0.356 e. The first kappa shape index (κ1) is 14.6. The van der Waals surface area contributed by atoms with Gasteiger partial charge in [0.2, 0.25) is 5.91 Å². The molecular formula is C16H21N5O. The van der Waals surface area contributed by atoms with Gasteiger partial charge in [0.25, 0.3) is 0 Å². The van der Waals surface area contributed by atoms with Gasteiger partial charge in [0.15, 0.2) is 0 Å². The van der Waals surface area contributed by atoms with Crippen molar-refractivity contribution in [3.8, 4) is 0 Å². The smallest absolute Gasteiger partial charge is 0.225 e. The summed E-state index contributed by atoms with van der Waals surface area (Å²) in [4.78, 5) is 18.9. The number of aryl methyl sites for hydroxylation is 1. The second-order valence-electron chi connectivity index (χ2n) is 5.71. The Bertz CT molecular complexity index is 624. The van der Waals surface area contributed by atoms with Crippen LogP contribution in [0.1, 0.15) is 18.4 Å². The summed E-state index contributed by atoms with van der Waals surface area (Å²) in [6.45, 7) is 2.23. The second-order valence-corrected chi connectivity index (χ2v) is 5.71. The van der Waals surface area contributed by atoms with Gasteiger partial charge in [-0.15, -0.1) is 0 Å². The summed E-state index contributed by atoms with van der Waals surface area (Å²) in [5.41, 5.74) is 1.02. The molecule has 0 unspecified atom stereocenters. The summed E-state index contributed by atoms with van der Waals surface area (Å²) in [7, 11) is 1.87. The number of rotatable bonds is 4. The van der Waals surface area contributed by atoms with Gasteiger partial charge in [-0.25, -0.2) is 4.98 Å². The molecule has 0 bridgehead atoms. The van der Waals surface area contributed by atoms with Gasteiger partial charge in [0, 0.05) is 44.6 Å². The van der Waals surface area contributed by atoms with Gasteiger partial charge < -0.3 is 10.2 Å². The van der Waals surface area contributed by atoms with Crippen LogP contribution < -0.4 is 10.2 Å². The molecule has 0 saturated carbocycles. The van der Waals surface area contributed by atoms with Crippen LogP contribution in [0.2, 0.25) is 0 Å². The van der Waals surface area contributed by atoms with Crippen molar-refractivity contribution in [3.05, 3.63) is 42.4 Å². The zero-order chi connectivity index (χ0) is 15.4. The number of nitrogens with zero attached hydrogens (tertiary/aromatic N) is 4. The Hall–Kier alpha value is -2.37. The van der Waals surface area contributed by atoms with Crippen LogP contribution in [0.4, 0.5) is 5.82 Å². The minimum absolute atomic E-state index is 0.0208. The summed E-state index contributed by atoms with van der Waals surface area (Å²) < 4.78 is 1.74. The maximum absolute atomic E-state index is 12.4. The number of nitrogens with one attached hydrogen (secondary N) is 1. The summed E-state index contributed by atoms with van der Waals surface area (Å²) in [5, 5.41) is 7.12. The zero-order valence-electron chi connectivity index (χ0n) is 12.8. The fourth-order valence-electron chi connectivity index (χ4n) is 2.84. The van der Waals surface area contributed by atoms with E-state index >= 15 is 0 Å².